The van der Waals surface area contributed by atoms with Crippen molar-refractivity contribution in [2.75, 3.05) is 26.4 Å². The largest absolute Gasteiger partial charge is 0.480 e. The van der Waals surface area contributed by atoms with Crippen molar-refractivity contribution in [3.8, 4) is 0 Å². The highest BCUT2D eigenvalue weighted by atomic mass is 16.6. The Labute approximate surface area is 165 Å². The van der Waals surface area contributed by atoms with Crippen molar-refractivity contribution in [3.63, 3.8) is 0 Å². The Morgan fingerprint density at radius 3 is 1.89 bits per heavy atom. The number of ether oxygens (including phenoxy) is 4. The van der Waals surface area contributed by atoms with Gasteiger partial charge in [0, 0.05) is 5.57 Å². The summed E-state index contributed by atoms with van der Waals surface area (Å²) in [5.74, 6) is -2.44. The summed E-state index contributed by atoms with van der Waals surface area (Å²) in [4.78, 5) is 35.4. The first-order chi connectivity index (χ1) is 13.4. The van der Waals surface area contributed by atoms with Gasteiger partial charge in [-0.05, 0) is 33.8 Å². The number of aliphatic hydroxyl groups excluding tert-OH is 1. The molecule has 0 aliphatic rings. The highest BCUT2D eigenvalue weighted by Crippen LogP contribution is 2.09. The number of carbonyl (C=O) groups excluding carboxylic acids is 3. The second-order valence-corrected chi connectivity index (χ2v) is 5.01. The van der Waals surface area contributed by atoms with Gasteiger partial charge in [0.25, 0.3) is 5.95 Å². The highest BCUT2D eigenvalue weighted by Gasteiger charge is 2.16. The SMILES string of the molecule is CCOC(=O)CC(=CC=CC=CC(C(=O)OCC)=C(O)OCC)C(=O)OCC. The molecule has 0 aromatic rings. The second kappa shape index (κ2) is 15.1. The molecule has 0 radical (unpaired) electrons. The Kier molecular flexibility index (Phi) is 13.4. The summed E-state index contributed by atoms with van der Waals surface area (Å²) in [7, 11) is 0. The highest BCUT2D eigenvalue weighted by molar-refractivity contribution is 5.94. The van der Waals surface area contributed by atoms with Crippen molar-refractivity contribution < 1.29 is 38.4 Å². The number of hydrogen-bond donors (Lipinski definition) is 1. The number of carbonyl (C=O) groups is 3. The molecule has 0 spiro atoms. The average Bonchev–Trinajstić information content (AvgIpc) is 2.64. The zero-order valence-electron chi connectivity index (χ0n) is 16.7. The Balaban J connectivity index is 5.33. The number of hydrogen-bond acceptors (Lipinski definition) is 8. The van der Waals surface area contributed by atoms with E-state index in [-0.39, 0.29) is 44.0 Å². The van der Waals surface area contributed by atoms with Crippen LogP contribution in [0, 0.1) is 0 Å². The van der Waals surface area contributed by atoms with Crippen molar-refractivity contribution in [2.45, 2.75) is 34.1 Å². The lowest BCUT2D eigenvalue weighted by Crippen LogP contribution is -2.13. The number of aliphatic hydroxyl groups is 1. The Morgan fingerprint density at radius 2 is 1.32 bits per heavy atom. The molecule has 0 unspecified atom stereocenters. The van der Waals surface area contributed by atoms with E-state index >= 15 is 0 Å². The van der Waals surface area contributed by atoms with Gasteiger partial charge in [-0.15, -0.1) is 0 Å². The minimum Gasteiger partial charge on any atom is -0.480 e. The predicted octanol–water partition coefficient (Wildman–Crippen LogP) is 2.91. The van der Waals surface area contributed by atoms with Crippen LogP contribution in [0.15, 0.2) is 47.5 Å². The maximum absolute atomic E-state index is 11.9. The summed E-state index contributed by atoms with van der Waals surface area (Å²) in [6.45, 7) is 7.33. The van der Waals surface area contributed by atoms with Crippen LogP contribution in [0.3, 0.4) is 0 Å². The summed E-state index contributed by atoms with van der Waals surface area (Å²) in [6.07, 6.45) is 6.94. The van der Waals surface area contributed by atoms with Crippen molar-refractivity contribution in [1.82, 2.24) is 0 Å². The molecule has 28 heavy (non-hydrogen) atoms. The van der Waals surface area contributed by atoms with Crippen molar-refractivity contribution >= 4 is 17.9 Å². The fourth-order valence-electron chi connectivity index (χ4n) is 1.83. The maximum atomic E-state index is 11.9. The molecule has 0 saturated heterocycles. The minimum absolute atomic E-state index is 0.128. The fraction of sp³-hybridized carbons (Fsp3) is 0.450. The number of rotatable bonds is 12. The predicted molar refractivity (Wildman–Crippen MR) is 102 cm³/mol. The first-order valence-electron chi connectivity index (χ1n) is 9.00. The molecule has 0 aromatic heterocycles. The molecule has 0 saturated carbocycles. The van der Waals surface area contributed by atoms with E-state index in [1.54, 1.807) is 27.7 Å². The summed E-state index contributed by atoms with van der Waals surface area (Å²) >= 11 is 0. The molecule has 0 aromatic carbocycles. The van der Waals surface area contributed by atoms with E-state index in [1.807, 2.05) is 0 Å². The quantitative estimate of drug-likeness (QED) is 0.176. The van der Waals surface area contributed by atoms with Crippen LogP contribution in [-0.2, 0) is 33.3 Å². The van der Waals surface area contributed by atoms with Crippen LogP contribution in [-0.4, -0.2) is 49.4 Å². The van der Waals surface area contributed by atoms with Crippen molar-refractivity contribution in [3.05, 3.63) is 47.5 Å². The van der Waals surface area contributed by atoms with Crippen LogP contribution in [0.4, 0.5) is 0 Å². The molecule has 156 valence electrons. The van der Waals surface area contributed by atoms with Crippen LogP contribution in [0.1, 0.15) is 34.1 Å². The summed E-state index contributed by atoms with van der Waals surface area (Å²) < 4.78 is 19.5. The van der Waals surface area contributed by atoms with E-state index in [0.717, 1.165) is 0 Å². The molecular weight excluding hydrogens is 368 g/mol. The zero-order chi connectivity index (χ0) is 21.4. The molecule has 8 nitrogen and oxygen atoms in total. The van der Waals surface area contributed by atoms with Gasteiger partial charge in [0.1, 0.15) is 5.57 Å². The van der Waals surface area contributed by atoms with Gasteiger partial charge >= 0.3 is 17.9 Å². The molecule has 0 aliphatic carbocycles. The monoisotopic (exact) mass is 396 g/mol. The van der Waals surface area contributed by atoms with Gasteiger partial charge in [0.15, 0.2) is 0 Å². The zero-order valence-corrected chi connectivity index (χ0v) is 16.7. The molecule has 0 rings (SSSR count). The van der Waals surface area contributed by atoms with Gasteiger partial charge in [-0.3, -0.25) is 4.79 Å². The topological polar surface area (TPSA) is 108 Å². The second-order valence-electron chi connectivity index (χ2n) is 5.01. The normalized spacial score (nSPS) is 12.6. The Bertz CT molecular complexity index is 641. The van der Waals surface area contributed by atoms with E-state index in [2.05, 4.69) is 0 Å². The third-order valence-corrected chi connectivity index (χ3v) is 2.97. The van der Waals surface area contributed by atoms with E-state index < -0.39 is 23.9 Å². The van der Waals surface area contributed by atoms with Crippen LogP contribution >= 0.6 is 0 Å². The molecule has 0 fully saturated rings. The van der Waals surface area contributed by atoms with Crippen LogP contribution in [0.25, 0.3) is 0 Å². The van der Waals surface area contributed by atoms with E-state index in [1.165, 1.54) is 30.4 Å². The number of allylic oxidation sites excluding steroid dienone is 4. The summed E-state index contributed by atoms with van der Waals surface area (Å²) in [5.41, 5.74) is -0.0160. The third-order valence-electron chi connectivity index (χ3n) is 2.97. The summed E-state index contributed by atoms with van der Waals surface area (Å²) in [6, 6.07) is 0. The van der Waals surface area contributed by atoms with Crippen molar-refractivity contribution in [2.24, 2.45) is 0 Å². The van der Waals surface area contributed by atoms with E-state index in [4.69, 9.17) is 18.9 Å². The van der Waals surface area contributed by atoms with Gasteiger partial charge in [-0.25, -0.2) is 9.59 Å². The molecule has 0 heterocycles. The number of esters is 3. The first kappa shape index (κ1) is 25.0. The van der Waals surface area contributed by atoms with Crippen molar-refractivity contribution in [1.29, 1.82) is 0 Å². The fourth-order valence-corrected chi connectivity index (χ4v) is 1.83. The average molecular weight is 396 g/mol. The lowest BCUT2D eigenvalue weighted by molar-refractivity contribution is -0.145. The Hall–Kier alpha value is -3.03. The van der Waals surface area contributed by atoms with Gasteiger partial charge in [0.2, 0.25) is 0 Å². The van der Waals surface area contributed by atoms with E-state index in [0.29, 0.717) is 0 Å². The van der Waals surface area contributed by atoms with Gasteiger partial charge < -0.3 is 24.1 Å². The lowest BCUT2D eigenvalue weighted by atomic mass is 10.1. The van der Waals surface area contributed by atoms with Crippen LogP contribution in [0.5, 0.6) is 0 Å². The maximum Gasteiger partial charge on any atom is 0.345 e. The molecule has 0 bridgehead atoms. The van der Waals surface area contributed by atoms with Gasteiger partial charge in [0.05, 0.1) is 32.8 Å². The first-order valence-corrected chi connectivity index (χ1v) is 9.00. The molecule has 8 heteroatoms. The Morgan fingerprint density at radius 1 is 0.750 bits per heavy atom. The molecular formula is C20H28O8. The molecule has 0 amide bonds. The van der Waals surface area contributed by atoms with Gasteiger partial charge in [-0.2, -0.15) is 0 Å². The third kappa shape index (κ3) is 10.2. The molecule has 1 N–H and O–H groups in total. The standard InChI is InChI=1S/C20H28O8/c1-5-25-17(21)14-15(18(22)26-6-2)12-10-9-11-13-16(19(23)27-7-3)20(24)28-8-4/h9-13,23H,5-8,14H2,1-4H3. The summed E-state index contributed by atoms with van der Waals surface area (Å²) in [5, 5.41) is 9.79. The lowest BCUT2D eigenvalue weighted by Gasteiger charge is -2.06. The molecule has 0 aliphatic heterocycles. The van der Waals surface area contributed by atoms with Crippen LogP contribution in [0.2, 0.25) is 0 Å². The molecule has 0 atom stereocenters. The van der Waals surface area contributed by atoms with Gasteiger partial charge in [-0.1, -0.05) is 24.3 Å². The smallest absolute Gasteiger partial charge is 0.345 e. The van der Waals surface area contributed by atoms with Crippen LogP contribution < -0.4 is 0 Å². The van der Waals surface area contributed by atoms with E-state index in [9.17, 15) is 19.5 Å². The minimum atomic E-state index is -0.733.